The minimum atomic E-state index is -0.761. The third-order valence-corrected chi connectivity index (χ3v) is 3.53. The van der Waals surface area contributed by atoms with E-state index in [2.05, 4.69) is 5.32 Å². The predicted octanol–water partition coefficient (Wildman–Crippen LogP) is 1.80. The van der Waals surface area contributed by atoms with Crippen molar-refractivity contribution in [2.45, 2.75) is 6.42 Å². The second-order valence-corrected chi connectivity index (χ2v) is 4.79. The Hall–Kier alpha value is -1.82. The lowest BCUT2D eigenvalue weighted by atomic mass is 10.1. The van der Waals surface area contributed by atoms with Gasteiger partial charge in [-0.1, -0.05) is 12.1 Å². The maximum Gasteiger partial charge on any atom is 0.308 e. The average Bonchev–Trinajstić information content (AvgIpc) is 2.89. The molecule has 2 N–H and O–H groups in total. The van der Waals surface area contributed by atoms with Crippen molar-refractivity contribution in [2.75, 3.05) is 25.5 Å². The summed E-state index contributed by atoms with van der Waals surface area (Å²) >= 11 is 5.31. The zero-order valence-electron chi connectivity index (χ0n) is 10.6. The van der Waals surface area contributed by atoms with E-state index in [0.717, 1.165) is 5.69 Å². The highest BCUT2D eigenvalue weighted by atomic mass is 32.1. The second-order valence-electron chi connectivity index (χ2n) is 4.40. The van der Waals surface area contributed by atoms with E-state index in [-0.39, 0.29) is 5.92 Å². The fraction of sp³-hybridized carbons (Fsp3) is 0.385. The number of anilines is 1. The van der Waals surface area contributed by atoms with E-state index in [1.807, 2.05) is 29.2 Å². The van der Waals surface area contributed by atoms with Crippen LogP contribution < -0.4 is 10.1 Å². The number of nitrogens with one attached hydrogen (secondary N) is 1. The first-order chi connectivity index (χ1) is 9.11. The number of methoxy groups -OCH3 is 1. The van der Waals surface area contributed by atoms with E-state index in [1.54, 1.807) is 7.11 Å². The Balaban J connectivity index is 2.00. The lowest BCUT2D eigenvalue weighted by Crippen LogP contribution is -2.33. The second kappa shape index (κ2) is 5.88. The number of hydrogen-bond donors (Lipinski definition) is 2. The number of para-hydroxylation sites is 2. The van der Waals surface area contributed by atoms with Crippen molar-refractivity contribution in [3.63, 3.8) is 0 Å². The standard InChI is InChI=1S/C13H16N2O3S/c1-18-11-5-3-2-4-10(11)14-13(19)15-7-6-9(8-15)12(16)17/h2-5,9H,6-8H2,1H3,(H,14,19)(H,16,17). The summed E-state index contributed by atoms with van der Waals surface area (Å²) in [4.78, 5) is 12.8. The van der Waals surface area contributed by atoms with Gasteiger partial charge in [0.2, 0.25) is 0 Å². The molecule has 1 heterocycles. The summed E-state index contributed by atoms with van der Waals surface area (Å²) in [5, 5.41) is 12.6. The molecule has 1 aliphatic heterocycles. The van der Waals surface area contributed by atoms with Crippen LogP contribution in [-0.4, -0.2) is 41.3 Å². The zero-order chi connectivity index (χ0) is 13.8. The van der Waals surface area contributed by atoms with Gasteiger partial charge in [0.25, 0.3) is 0 Å². The third-order valence-electron chi connectivity index (χ3n) is 3.17. The topological polar surface area (TPSA) is 61.8 Å². The molecule has 0 saturated carbocycles. The minimum absolute atomic E-state index is 0.336. The molecule has 1 unspecified atom stereocenters. The molecule has 0 aromatic heterocycles. The molecule has 0 amide bonds. The summed E-state index contributed by atoms with van der Waals surface area (Å²) in [6.07, 6.45) is 0.628. The molecular formula is C13H16N2O3S. The highest BCUT2D eigenvalue weighted by molar-refractivity contribution is 7.80. The minimum Gasteiger partial charge on any atom is -0.495 e. The number of aliphatic carboxylic acids is 1. The number of ether oxygens (including phenoxy) is 1. The number of carboxylic acid groups (broad SMARTS) is 1. The van der Waals surface area contributed by atoms with Gasteiger partial charge in [-0.15, -0.1) is 0 Å². The van der Waals surface area contributed by atoms with E-state index < -0.39 is 5.97 Å². The Bertz CT molecular complexity index is 493. The van der Waals surface area contributed by atoms with Crippen molar-refractivity contribution < 1.29 is 14.6 Å². The van der Waals surface area contributed by atoms with Gasteiger partial charge in [-0.3, -0.25) is 4.79 Å². The van der Waals surface area contributed by atoms with E-state index in [9.17, 15) is 4.79 Å². The van der Waals surface area contributed by atoms with E-state index in [4.69, 9.17) is 22.1 Å². The molecule has 1 aromatic rings. The lowest BCUT2D eigenvalue weighted by Gasteiger charge is -2.21. The first-order valence-electron chi connectivity index (χ1n) is 6.03. The Labute approximate surface area is 117 Å². The molecule has 102 valence electrons. The number of carboxylic acids is 1. The van der Waals surface area contributed by atoms with Gasteiger partial charge in [0.05, 0.1) is 18.7 Å². The molecule has 19 heavy (non-hydrogen) atoms. The number of benzene rings is 1. The molecule has 1 saturated heterocycles. The van der Waals surface area contributed by atoms with Crippen molar-refractivity contribution in [1.29, 1.82) is 0 Å². The van der Waals surface area contributed by atoms with Crippen LogP contribution in [0, 0.1) is 5.92 Å². The SMILES string of the molecule is COc1ccccc1NC(=S)N1CCC(C(=O)O)C1. The molecule has 2 rings (SSSR count). The van der Waals surface area contributed by atoms with Crippen molar-refractivity contribution >= 4 is 29.0 Å². The van der Waals surface area contributed by atoms with E-state index in [1.165, 1.54) is 0 Å². The monoisotopic (exact) mass is 280 g/mol. The fourth-order valence-corrected chi connectivity index (χ4v) is 2.36. The predicted molar refractivity (Wildman–Crippen MR) is 76.5 cm³/mol. The third kappa shape index (κ3) is 3.14. The lowest BCUT2D eigenvalue weighted by molar-refractivity contribution is -0.141. The van der Waals surface area contributed by atoms with Crippen LogP contribution in [0.3, 0.4) is 0 Å². The molecule has 1 aromatic carbocycles. The molecule has 1 atom stereocenters. The molecule has 0 bridgehead atoms. The zero-order valence-corrected chi connectivity index (χ0v) is 11.4. The normalized spacial score (nSPS) is 18.2. The Morgan fingerprint density at radius 2 is 2.26 bits per heavy atom. The van der Waals surface area contributed by atoms with Gasteiger partial charge in [0, 0.05) is 13.1 Å². The molecule has 0 aliphatic carbocycles. The van der Waals surface area contributed by atoms with Crippen LogP contribution in [0.2, 0.25) is 0 Å². The quantitative estimate of drug-likeness (QED) is 0.823. The van der Waals surface area contributed by atoms with Gasteiger partial charge in [-0.25, -0.2) is 0 Å². The summed E-state index contributed by atoms with van der Waals surface area (Å²) in [5.74, 6) is -0.390. The number of nitrogens with zero attached hydrogens (tertiary/aromatic N) is 1. The van der Waals surface area contributed by atoms with Crippen molar-refractivity contribution in [1.82, 2.24) is 4.90 Å². The van der Waals surface area contributed by atoms with E-state index in [0.29, 0.717) is 30.4 Å². The summed E-state index contributed by atoms with van der Waals surface area (Å²) < 4.78 is 5.23. The smallest absolute Gasteiger partial charge is 0.308 e. The van der Waals surface area contributed by atoms with Crippen LogP contribution in [0.5, 0.6) is 5.75 Å². The van der Waals surface area contributed by atoms with Gasteiger partial charge in [0.1, 0.15) is 5.75 Å². The van der Waals surface area contributed by atoms with Gasteiger partial charge in [-0.2, -0.15) is 0 Å². The Kier molecular flexibility index (Phi) is 4.21. The van der Waals surface area contributed by atoms with Crippen LogP contribution >= 0.6 is 12.2 Å². The molecule has 1 aliphatic rings. The van der Waals surface area contributed by atoms with Crippen LogP contribution in [0.15, 0.2) is 24.3 Å². The Morgan fingerprint density at radius 1 is 1.53 bits per heavy atom. The van der Waals surface area contributed by atoms with Gasteiger partial charge < -0.3 is 20.1 Å². The summed E-state index contributed by atoms with van der Waals surface area (Å²) in [7, 11) is 1.60. The average molecular weight is 280 g/mol. The molecule has 5 nitrogen and oxygen atoms in total. The highest BCUT2D eigenvalue weighted by Crippen LogP contribution is 2.24. The number of thiocarbonyl (C=S) groups is 1. The first kappa shape index (κ1) is 13.6. The fourth-order valence-electron chi connectivity index (χ4n) is 2.09. The maximum absolute atomic E-state index is 10.9. The molecule has 6 heteroatoms. The van der Waals surface area contributed by atoms with Crippen molar-refractivity contribution in [2.24, 2.45) is 5.92 Å². The van der Waals surface area contributed by atoms with Gasteiger partial charge in [-0.05, 0) is 30.8 Å². The van der Waals surface area contributed by atoms with Crippen LogP contribution in [0.4, 0.5) is 5.69 Å². The van der Waals surface area contributed by atoms with Crippen LogP contribution in [0.1, 0.15) is 6.42 Å². The molecule has 1 fully saturated rings. The van der Waals surface area contributed by atoms with Crippen LogP contribution in [-0.2, 0) is 4.79 Å². The summed E-state index contributed by atoms with van der Waals surface area (Å²) in [6, 6.07) is 7.48. The number of hydrogen-bond acceptors (Lipinski definition) is 3. The number of likely N-dealkylation sites (tertiary alicyclic amines) is 1. The number of rotatable bonds is 3. The molecule has 0 radical (unpaired) electrons. The summed E-state index contributed by atoms with van der Waals surface area (Å²) in [5.41, 5.74) is 0.786. The van der Waals surface area contributed by atoms with Crippen molar-refractivity contribution in [3.05, 3.63) is 24.3 Å². The van der Waals surface area contributed by atoms with Gasteiger partial charge in [0.15, 0.2) is 5.11 Å². The molecular weight excluding hydrogens is 264 g/mol. The van der Waals surface area contributed by atoms with Crippen molar-refractivity contribution in [3.8, 4) is 5.75 Å². The maximum atomic E-state index is 10.9. The molecule has 0 spiro atoms. The first-order valence-corrected chi connectivity index (χ1v) is 6.44. The highest BCUT2D eigenvalue weighted by Gasteiger charge is 2.29. The van der Waals surface area contributed by atoms with E-state index >= 15 is 0 Å². The number of carbonyl (C=O) groups is 1. The largest absolute Gasteiger partial charge is 0.495 e. The van der Waals surface area contributed by atoms with Gasteiger partial charge >= 0.3 is 5.97 Å². The Morgan fingerprint density at radius 3 is 2.89 bits per heavy atom. The summed E-state index contributed by atoms with van der Waals surface area (Å²) in [6.45, 7) is 1.12. The van der Waals surface area contributed by atoms with Crippen LogP contribution in [0.25, 0.3) is 0 Å².